The normalized spacial score (nSPS) is 18.3. The average molecular weight is 139 g/mol. The van der Waals surface area contributed by atoms with Crippen LogP contribution in [0.2, 0.25) is 0 Å². The van der Waals surface area contributed by atoms with Crippen LogP contribution in [-0.2, 0) is 0 Å². The van der Waals surface area contributed by atoms with Crippen molar-refractivity contribution < 1.29 is 0 Å². The van der Waals surface area contributed by atoms with Crippen LogP contribution in [0.3, 0.4) is 0 Å². The summed E-state index contributed by atoms with van der Waals surface area (Å²) in [5.74, 6) is 0. The fourth-order valence-corrected chi connectivity index (χ4v) is 1.28. The van der Waals surface area contributed by atoms with E-state index < -0.39 is 0 Å². The van der Waals surface area contributed by atoms with Gasteiger partial charge >= 0.3 is 0 Å². The van der Waals surface area contributed by atoms with E-state index in [2.05, 4.69) is 18.3 Å². The van der Waals surface area contributed by atoms with Gasteiger partial charge in [0.2, 0.25) is 0 Å². The van der Waals surface area contributed by atoms with Gasteiger partial charge in [0, 0.05) is 12.2 Å². The van der Waals surface area contributed by atoms with Crippen molar-refractivity contribution in [3.8, 4) is 0 Å². The van der Waals surface area contributed by atoms with Crippen molar-refractivity contribution in [1.29, 1.82) is 0 Å². The van der Waals surface area contributed by atoms with Crippen LogP contribution in [0.25, 0.3) is 0 Å². The van der Waals surface area contributed by atoms with Gasteiger partial charge in [0.1, 0.15) is 0 Å². The molecule has 0 aromatic carbocycles. The predicted octanol–water partition coefficient (Wildman–Crippen LogP) is 2.44. The van der Waals surface area contributed by atoms with Gasteiger partial charge in [-0.3, -0.25) is 0 Å². The first-order valence-electron chi connectivity index (χ1n) is 4.36. The third-order valence-electron chi connectivity index (χ3n) is 1.89. The van der Waals surface area contributed by atoms with Crippen molar-refractivity contribution in [3.05, 3.63) is 11.8 Å². The standard InChI is InChI=1S/C9H17N/c1-2-8-10-9-6-4-3-5-7-9/h6,10H,2-5,7-8H2,1H3. The highest BCUT2D eigenvalue weighted by Crippen LogP contribution is 2.14. The maximum absolute atomic E-state index is 3.43. The van der Waals surface area contributed by atoms with Crippen LogP contribution in [0.15, 0.2) is 11.8 Å². The first-order chi connectivity index (χ1) is 4.93. The second kappa shape index (κ2) is 4.37. The Morgan fingerprint density at radius 3 is 3.00 bits per heavy atom. The van der Waals surface area contributed by atoms with E-state index in [-0.39, 0.29) is 0 Å². The molecule has 0 bridgehead atoms. The molecule has 58 valence electrons. The molecule has 1 heteroatoms. The lowest BCUT2D eigenvalue weighted by Gasteiger charge is -2.13. The Bertz CT molecular complexity index is 116. The number of allylic oxidation sites excluding steroid dienone is 2. The average Bonchev–Trinajstić information content (AvgIpc) is 2.03. The van der Waals surface area contributed by atoms with Gasteiger partial charge < -0.3 is 5.32 Å². The molecule has 0 amide bonds. The summed E-state index contributed by atoms with van der Waals surface area (Å²) < 4.78 is 0. The van der Waals surface area contributed by atoms with E-state index in [1.54, 1.807) is 0 Å². The molecule has 0 aromatic rings. The quantitative estimate of drug-likeness (QED) is 0.633. The van der Waals surface area contributed by atoms with Gasteiger partial charge in [0.15, 0.2) is 0 Å². The van der Waals surface area contributed by atoms with Crippen LogP contribution < -0.4 is 5.32 Å². The zero-order chi connectivity index (χ0) is 7.23. The van der Waals surface area contributed by atoms with Gasteiger partial charge in [0.25, 0.3) is 0 Å². The number of hydrogen-bond donors (Lipinski definition) is 1. The molecule has 0 saturated carbocycles. The molecule has 0 atom stereocenters. The Balaban J connectivity index is 2.18. The molecule has 0 radical (unpaired) electrons. The fraction of sp³-hybridized carbons (Fsp3) is 0.778. The molecule has 0 heterocycles. The topological polar surface area (TPSA) is 12.0 Å². The molecule has 0 aliphatic heterocycles. The number of hydrogen-bond acceptors (Lipinski definition) is 1. The molecule has 1 N–H and O–H groups in total. The molecule has 1 aliphatic rings. The van der Waals surface area contributed by atoms with Gasteiger partial charge in [0.05, 0.1) is 0 Å². The van der Waals surface area contributed by atoms with Gasteiger partial charge in [-0.1, -0.05) is 13.0 Å². The van der Waals surface area contributed by atoms with E-state index in [0.29, 0.717) is 0 Å². The summed E-state index contributed by atoms with van der Waals surface area (Å²) in [5.41, 5.74) is 1.48. The van der Waals surface area contributed by atoms with Crippen molar-refractivity contribution in [1.82, 2.24) is 5.32 Å². The lowest BCUT2D eigenvalue weighted by atomic mass is 10.1. The Hall–Kier alpha value is -0.460. The molecular weight excluding hydrogens is 122 g/mol. The molecule has 0 aromatic heterocycles. The smallest absolute Gasteiger partial charge is 0.0141 e. The fourth-order valence-electron chi connectivity index (χ4n) is 1.28. The van der Waals surface area contributed by atoms with E-state index in [0.717, 1.165) is 6.54 Å². The summed E-state index contributed by atoms with van der Waals surface area (Å²) in [7, 11) is 0. The van der Waals surface area contributed by atoms with E-state index in [9.17, 15) is 0 Å². The van der Waals surface area contributed by atoms with Crippen molar-refractivity contribution >= 4 is 0 Å². The van der Waals surface area contributed by atoms with Crippen LogP contribution in [0, 0.1) is 0 Å². The molecule has 1 nitrogen and oxygen atoms in total. The van der Waals surface area contributed by atoms with Crippen molar-refractivity contribution in [2.45, 2.75) is 39.0 Å². The zero-order valence-electron chi connectivity index (χ0n) is 6.82. The van der Waals surface area contributed by atoms with E-state index in [1.807, 2.05) is 0 Å². The van der Waals surface area contributed by atoms with E-state index in [4.69, 9.17) is 0 Å². The van der Waals surface area contributed by atoms with Crippen LogP contribution >= 0.6 is 0 Å². The van der Waals surface area contributed by atoms with Crippen molar-refractivity contribution in [2.24, 2.45) is 0 Å². The Morgan fingerprint density at radius 2 is 2.40 bits per heavy atom. The molecule has 0 saturated heterocycles. The summed E-state index contributed by atoms with van der Waals surface area (Å²) in [4.78, 5) is 0. The largest absolute Gasteiger partial charge is 0.389 e. The van der Waals surface area contributed by atoms with Crippen LogP contribution in [0.5, 0.6) is 0 Å². The van der Waals surface area contributed by atoms with E-state index >= 15 is 0 Å². The summed E-state index contributed by atoms with van der Waals surface area (Å²) in [6, 6.07) is 0. The maximum atomic E-state index is 3.43. The Morgan fingerprint density at radius 1 is 1.50 bits per heavy atom. The minimum Gasteiger partial charge on any atom is -0.389 e. The lowest BCUT2D eigenvalue weighted by Crippen LogP contribution is -2.15. The summed E-state index contributed by atoms with van der Waals surface area (Å²) >= 11 is 0. The zero-order valence-corrected chi connectivity index (χ0v) is 6.82. The molecule has 0 unspecified atom stereocenters. The third kappa shape index (κ3) is 2.42. The molecular formula is C9H17N. The summed E-state index contributed by atoms with van der Waals surface area (Å²) in [6.45, 7) is 3.35. The maximum Gasteiger partial charge on any atom is 0.0141 e. The summed E-state index contributed by atoms with van der Waals surface area (Å²) in [6.07, 6.45) is 8.91. The van der Waals surface area contributed by atoms with Crippen molar-refractivity contribution in [3.63, 3.8) is 0 Å². The summed E-state index contributed by atoms with van der Waals surface area (Å²) in [5, 5.41) is 3.43. The molecule has 0 fully saturated rings. The predicted molar refractivity (Wildman–Crippen MR) is 44.8 cm³/mol. The Labute approximate surface area is 63.5 Å². The highest BCUT2D eigenvalue weighted by Gasteiger charge is 2.00. The number of nitrogens with one attached hydrogen (secondary N) is 1. The van der Waals surface area contributed by atoms with Gasteiger partial charge in [-0.2, -0.15) is 0 Å². The first-order valence-corrected chi connectivity index (χ1v) is 4.36. The highest BCUT2D eigenvalue weighted by molar-refractivity contribution is 5.02. The van der Waals surface area contributed by atoms with Crippen LogP contribution in [0.4, 0.5) is 0 Å². The van der Waals surface area contributed by atoms with Gasteiger partial charge in [-0.25, -0.2) is 0 Å². The van der Waals surface area contributed by atoms with Crippen LogP contribution in [-0.4, -0.2) is 6.54 Å². The lowest BCUT2D eigenvalue weighted by molar-refractivity contribution is 0.635. The minimum atomic E-state index is 1.14. The van der Waals surface area contributed by atoms with Gasteiger partial charge in [-0.15, -0.1) is 0 Å². The Kier molecular flexibility index (Phi) is 3.34. The monoisotopic (exact) mass is 139 g/mol. The number of rotatable bonds is 3. The molecule has 1 aliphatic carbocycles. The second-order valence-electron chi connectivity index (χ2n) is 2.90. The van der Waals surface area contributed by atoms with Gasteiger partial charge in [-0.05, 0) is 32.1 Å². The third-order valence-corrected chi connectivity index (χ3v) is 1.89. The molecule has 1 rings (SSSR count). The molecule has 10 heavy (non-hydrogen) atoms. The van der Waals surface area contributed by atoms with Crippen LogP contribution in [0.1, 0.15) is 39.0 Å². The SMILES string of the molecule is CCCNC1=CCCCC1. The first kappa shape index (κ1) is 7.64. The highest BCUT2D eigenvalue weighted by atomic mass is 14.9. The second-order valence-corrected chi connectivity index (χ2v) is 2.90. The van der Waals surface area contributed by atoms with Crippen molar-refractivity contribution in [2.75, 3.05) is 6.54 Å². The molecule has 0 spiro atoms. The van der Waals surface area contributed by atoms with E-state index in [1.165, 1.54) is 37.8 Å². The minimum absolute atomic E-state index is 1.14.